The van der Waals surface area contributed by atoms with Gasteiger partial charge in [0, 0.05) is 13.1 Å². The average molecular weight is 376 g/mol. The van der Waals surface area contributed by atoms with Crippen molar-refractivity contribution >= 4 is 17.8 Å². The molecule has 0 unspecified atom stereocenters. The number of ether oxygens (including phenoxy) is 2. The highest BCUT2D eigenvalue weighted by molar-refractivity contribution is 5.93. The highest BCUT2D eigenvalue weighted by atomic mass is 16.5. The van der Waals surface area contributed by atoms with Gasteiger partial charge in [-0.2, -0.15) is 0 Å². The van der Waals surface area contributed by atoms with Gasteiger partial charge in [-0.05, 0) is 30.0 Å². The zero-order chi connectivity index (χ0) is 20.2. The van der Waals surface area contributed by atoms with Gasteiger partial charge in [0.2, 0.25) is 5.91 Å². The summed E-state index contributed by atoms with van der Waals surface area (Å²) in [6.07, 6.45) is -0.960. The van der Waals surface area contributed by atoms with Gasteiger partial charge >= 0.3 is 5.97 Å². The molecule has 27 heavy (non-hydrogen) atoms. The Bertz CT molecular complexity index is 693. The third kappa shape index (κ3) is 5.21. The van der Waals surface area contributed by atoms with Gasteiger partial charge in [-0.15, -0.1) is 0 Å². The third-order valence-electron chi connectivity index (χ3n) is 4.58. The van der Waals surface area contributed by atoms with Gasteiger partial charge in [0.1, 0.15) is 11.8 Å². The van der Waals surface area contributed by atoms with Crippen LogP contribution in [0, 0.1) is 0 Å². The third-order valence-corrected chi connectivity index (χ3v) is 4.58. The summed E-state index contributed by atoms with van der Waals surface area (Å²) in [5.74, 6) is -0.656. The maximum atomic E-state index is 12.8. The molecule has 2 atom stereocenters. The molecule has 1 fully saturated rings. The van der Waals surface area contributed by atoms with Crippen molar-refractivity contribution in [3.63, 3.8) is 0 Å². The Balaban J connectivity index is 2.08. The van der Waals surface area contributed by atoms with E-state index < -0.39 is 18.1 Å². The molecule has 7 nitrogen and oxygen atoms in total. The summed E-state index contributed by atoms with van der Waals surface area (Å²) in [6, 6.07) is 6.73. The van der Waals surface area contributed by atoms with Crippen LogP contribution in [0.25, 0.3) is 0 Å². The lowest BCUT2D eigenvalue weighted by molar-refractivity contribution is -0.153. The van der Waals surface area contributed by atoms with Gasteiger partial charge in [-0.25, -0.2) is 0 Å². The number of hydrogen-bond acceptors (Lipinski definition) is 5. The number of benzene rings is 1. The second-order valence-electron chi connectivity index (χ2n) is 7.65. The summed E-state index contributed by atoms with van der Waals surface area (Å²) in [6.45, 7) is 8.67. The van der Waals surface area contributed by atoms with E-state index in [2.05, 4.69) is 30.8 Å². The lowest BCUT2D eigenvalue weighted by Crippen LogP contribution is -2.60. The highest BCUT2D eigenvalue weighted by Gasteiger charge is 2.37. The second-order valence-corrected chi connectivity index (χ2v) is 7.65. The van der Waals surface area contributed by atoms with Crippen LogP contribution in [0.2, 0.25) is 0 Å². The van der Waals surface area contributed by atoms with Crippen molar-refractivity contribution in [1.29, 1.82) is 0 Å². The van der Waals surface area contributed by atoms with Crippen LogP contribution >= 0.6 is 0 Å². The minimum atomic E-state index is -0.881. The molecule has 0 saturated carbocycles. The summed E-state index contributed by atoms with van der Waals surface area (Å²) in [5, 5.41) is 2.67. The lowest BCUT2D eigenvalue weighted by Gasteiger charge is -2.35. The van der Waals surface area contributed by atoms with Gasteiger partial charge in [0.25, 0.3) is 5.91 Å². The van der Waals surface area contributed by atoms with E-state index in [-0.39, 0.29) is 23.7 Å². The second kappa shape index (κ2) is 8.41. The van der Waals surface area contributed by atoms with E-state index in [0.717, 1.165) is 0 Å². The minimum absolute atomic E-state index is 0.0300. The number of esters is 1. The summed E-state index contributed by atoms with van der Waals surface area (Å²) >= 11 is 0. The molecule has 1 aromatic rings. The van der Waals surface area contributed by atoms with Crippen molar-refractivity contribution in [3.05, 3.63) is 29.8 Å². The molecule has 1 N–H and O–H groups in total. The van der Waals surface area contributed by atoms with Gasteiger partial charge in [-0.3, -0.25) is 14.4 Å². The molecule has 0 spiro atoms. The molecule has 0 aromatic heterocycles. The first-order valence-electron chi connectivity index (χ1n) is 9.05. The molecule has 0 radical (unpaired) electrons. The van der Waals surface area contributed by atoms with Crippen molar-refractivity contribution in [2.45, 2.75) is 51.7 Å². The molecular weight excluding hydrogens is 348 g/mol. The van der Waals surface area contributed by atoms with Crippen LogP contribution in [0.15, 0.2) is 24.3 Å². The van der Waals surface area contributed by atoms with Crippen molar-refractivity contribution in [2.75, 3.05) is 20.2 Å². The molecule has 2 rings (SSSR count). The molecule has 148 valence electrons. The smallest absolute Gasteiger partial charge is 0.308 e. The number of carbonyl (C=O) groups is 3. The number of hydrogen-bond donors (Lipinski definition) is 1. The Morgan fingerprint density at radius 2 is 1.89 bits per heavy atom. The van der Waals surface area contributed by atoms with Crippen LogP contribution in [0.3, 0.4) is 0 Å². The fraction of sp³-hybridized carbons (Fsp3) is 0.550. The monoisotopic (exact) mass is 376 g/mol. The Kier molecular flexibility index (Phi) is 6.46. The molecule has 0 bridgehead atoms. The maximum absolute atomic E-state index is 12.8. The first-order valence-corrected chi connectivity index (χ1v) is 9.05. The zero-order valence-corrected chi connectivity index (χ0v) is 16.6. The van der Waals surface area contributed by atoms with E-state index in [1.54, 1.807) is 6.92 Å². The van der Waals surface area contributed by atoms with Crippen molar-refractivity contribution in [3.8, 4) is 5.75 Å². The molecule has 2 amide bonds. The standard InChI is InChI=1S/C20H28N2O5/c1-13(27-15-8-6-14(7-9-15)20(2,3)4)19(25)22-11-10-21-18(24)16(22)12-17(23)26-5/h6-9,13,16H,10-12H2,1-5H3,(H,21,24)/t13-,16+/m0/s1. The summed E-state index contributed by atoms with van der Waals surface area (Å²) < 4.78 is 10.4. The molecule has 1 saturated heterocycles. The number of nitrogens with zero attached hydrogens (tertiary/aromatic N) is 1. The lowest BCUT2D eigenvalue weighted by atomic mass is 9.87. The van der Waals surface area contributed by atoms with Crippen LogP contribution in [0.1, 0.15) is 39.7 Å². The van der Waals surface area contributed by atoms with Gasteiger partial charge < -0.3 is 19.7 Å². The largest absolute Gasteiger partial charge is 0.481 e. The molecule has 1 aromatic carbocycles. The number of methoxy groups -OCH3 is 1. The molecule has 1 aliphatic rings. The van der Waals surface area contributed by atoms with E-state index in [1.807, 2.05) is 24.3 Å². The van der Waals surface area contributed by atoms with Crippen molar-refractivity contribution in [1.82, 2.24) is 10.2 Å². The fourth-order valence-corrected chi connectivity index (χ4v) is 2.94. The van der Waals surface area contributed by atoms with Gasteiger partial charge in [-0.1, -0.05) is 32.9 Å². The Morgan fingerprint density at radius 3 is 2.44 bits per heavy atom. The summed E-state index contributed by atoms with van der Waals surface area (Å²) in [5.41, 5.74) is 1.20. The van der Waals surface area contributed by atoms with Gasteiger partial charge in [0.05, 0.1) is 13.5 Å². The van der Waals surface area contributed by atoms with E-state index in [4.69, 9.17) is 4.74 Å². The Morgan fingerprint density at radius 1 is 1.26 bits per heavy atom. The fourth-order valence-electron chi connectivity index (χ4n) is 2.94. The zero-order valence-electron chi connectivity index (χ0n) is 16.6. The summed E-state index contributed by atoms with van der Waals surface area (Å²) in [7, 11) is 1.25. The van der Waals surface area contributed by atoms with Crippen LogP contribution in [0.4, 0.5) is 0 Å². The molecular formula is C20H28N2O5. The normalized spacial score (nSPS) is 18.5. The van der Waals surface area contributed by atoms with E-state index in [0.29, 0.717) is 18.8 Å². The van der Waals surface area contributed by atoms with Crippen LogP contribution in [-0.4, -0.2) is 55.0 Å². The maximum Gasteiger partial charge on any atom is 0.308 e. The molecule has 1 heterocycles. The first-order chi connectivity index (χ1) is 12.6. The van der Waals surface area contributed by atoms with Crippen molar-refractivity contribution in [2.24, 2.45) is 0 Å². The van der Waals surface area contributed by atoms with E-state index >= 15 is 0 Å². The first kappa shape index (κ1) is 20.7. The van der Waals surface area contributed by atoms with Crippen LogP contribution in [-0.2, 0) is 24.5 Å². The van der Waals surface area contributed by atoms with Crippen molar-refractivity contribution < 1.29 is 23.9 Å². The molecule has 0 aliphatic carbocycles. The van der Waals surface area contributed by atoms with E-state index in [1.165, 1.54) is 17.6 Å². The predicted molar refractivity (Wildman–Crippen MR) is 100 cm³/mol. The summed E-state index contributed by atoms with van der Waals surface area (Å²) in [4.78, 5) is 37.9. The Labute approximate surface area is 160 Å². The topological polar surface area (TPSA) is 84.9 Å². The minimum Gasteiger partial charge on any atom is -0.481 e. The van der Waals surface area contributed by atoms with Crippen LogP contribution in [0.5, 0.6) is 5.75 Å². The quantitative estimate of drug-likeness (QED) is 0.790. The average Bonchev–Trinajstić information content (AvgIpc) is 2.62. The number of nitrogens with one attached hydrogen (secondary N) is 1. The predicted octanol–water partition coefficient (Wildman–Crippen LogP) is 1.64. The highest BCUT2D eigenvalue weighted by Crippen LogP contribution is 2.25. The van der Waals surface area contributed by atoms with E-state index in [9.17, 15) is 14.4 Å². The molecule has 7 heteroatoms. The van der Waals surface area contributed by atoms with Gasteiger partial charge in [0.15, 0.2) is 6.10 Å². The SMILES string of the molecule is COC(=O)C[C@@H]1C(=O)NCCN1C(=O)[C@H](C)Oc1ccc(C(C)(C)C)cc1. The Hall–Kier alpha value is -2.57. The van der Waals surface area contributed by atoms with Crippen LogP contribution < -0.4 is 10.1 Å². The number of carbonyl (C=O) groups excluding carboxylic acids is 3. The number of piperazine rings is 1. The number of amides is 2. The molecule has 1 aliphatic heterocycles. The number of rotatable bonds is 5.